The largest absolute Gasteiger partial charge is 0.494 e. The number of ether oxygens (including phenoxy) is 2. The van der Waals surface area contributed by atoms with Crippen molar-refractivity contribution in [3.63, 3.8) is 0 Å². The van der Waals surface area contributed by atoms with Crippen LogP contribution in [0.2, 0.25) is 0 Å². The van der Waals surface area contributed by atoms with Crippen molar-refractivity contribution in [1.82, 2.24) is 15.8 Å². The van der Waals surface area contributed by atoms with E-state index in [0.717, 1.165) is 11.8 Å². The highest BCUT2D eigenvalue weighted by molar-refractivity contribution is 7.09. The summed E-state index contributed by atoms with van der Waals surface area (Å²) in [6.45, 7) is 1.24. The lowest BCUT2D eigenvalue weighted by Gasteiger charge is -2.08. The van der Waals surface area contributed by atoms with E-state index in [0.29, 0.717) is 10.6 Å². The molecule has 0 aliphatic carbocycles. The molecule has 2 N–H and O–H groups in total. The summed E-state index contributed by atoms with van der Waals surface area (Å²) < 4.78 is 23.1. The molecule has 2 aromatic rings. The van der Waals surface area contributed by atoms with Crippen molar-refractivity contribution >= 4 is 29.1 Å². The van der Waals surface area contributed by atoms with Gasteiger partial charge in [-0.1, -0.05) is 6.07 Å². The third-order valence-corrected chi connectivity index (χ3v) is 4.22. The van der Waals surface area contributed by atoms with E-state index in [-0.39, 0.29) is 18.6 Å². The van der Waals surface area contributed by atoms with Crippen LogP contribution in [0.25, 0.3) is 0 Å². The molecule has 0 atom stereocenters. The number of thiazole rings is 1. The first-order valence-electron chi connectivity index (χ1n) is 7.84. The molecule has 2 amide bonds. The minimum Gasteiger partial charge on any atom is -0.494 e. The SMILES string of the molecule is COc1ccc(CC(=O)OCC(=O)NNC(=O)Cc2nc(C)cs2)cc1F. The molecule has 144 valence electrons. The number of aromatic nitrogens is 1. The number of hydrogen-bond donors (Lipinski definition) is 2. The van der Waals surface area contributed by atoms with Crippen LogP contribution >= 0.6 is 11.3 Å². The van der Waals surface area contributed by atoms with Crippen LogP contribution in [0.4, 0.5) is 4.39 Å². The van der Waals surface area contributed by atoms with Crippen LogP contribution in [0.5, 0.6) is 5.75 Å². The second kappa shape index (κ2) is 9.62. The van der Waals surface area contributed by atoms with Crippen molar-refractivity contribution in [1.29, 1.82) is 0 Å². The van der Waals surface area contributed by atoms with Gasteiger partial charge in [0.15, 0.2) is 18.2 Å². The lowest BCUT2D eigenvalue weighted by Crippen LogP contribution is -2.44. The lowest BCUT2D eigenvalue weighted by atomic mass is 10.1. The maximum Gasteiger partial charge on any atom is 0.310 e. The number of amides is 2. The number of benzene rings is 1. The highest BCUT2D eigenvalue weighted by Gasteiger charge is 2.12. The summed E-state index contributed by atoms with van der Waals surface area (Å²) in [5, 5.41) is 2.44. The predicted molar refractivity (Wildman–Crippen MR) is 94.5 cm³/mol. The summed E-state index contributed by atoms with van der Waals surface area (Å²) in [6, 6.07) is 4.06. The number of nitrogens with zero attached hydrogens (tertiary/aromatic N) is 1. The van der Waals surface area contributed by atoms with Crippen LogP contribution in [-0.2, 0) is 32.0 Å². The fraction of sp³-hybridized carbons (Fsp3) is 0.294. The summed E-state index contributed by atoms with van der Waals surface area (Å²) >= 11 is 1.34. The summed E-state index contributed by atoms with van der Waals surface area (Å²) in [4.78, 5) is 39.1. The lowest BCUT2D eigenvalue weighted by molar-refractivity contribution is -0.148. The van der Waals surface area contributed by atoms with Gasteiger partial charge < -0.3 is 9.47 Å². The Labute approximate surface area is 158 Å². The van der Waals surface area contributed by atoms with E-state index in [2.05, 4.69) is 15.8 Å². The molecule has 27 heavy (non-hydrogen) atoms. The second-order valence-corrected chi connectivity index (χ2v) is 6.40. The van der Waals surface area contributed by atoms with Gasteiger partial charge in [0, 0.05) is 11.1 Å². The number of aryl methyl sites for hydroxylation is 1. The molecular formula is C17H18FN3O5S. The normalized spacial score (nSPS) is 10.2. The molecular weight excluding hydrogens is 377 g/mol. The second-order valence-electron chi connectivity index (χ2n) is 5.46. The summed E-state index contributed by atoms with van der Waals surface area (Å²) in [6.07, 6.45) is -0.175. The Morgan fingerprint density at radius 1 is 1.19 bits per heavy atom. The van der Waals surface area contributed by atoms with Crippen LogP contribution in [0.3, 0.4) is 0 Å². The van der Waals surface area contributed by atoms with Crippen molar-refractivity contribution in [2.75, 3.05) is 13.7 Å². The van der Waals surface area contributed by atoms with E-state index in [1.54, 1.807) is 0 Å². The Morgan fingerprint density at radius 3 is 2.56 bits per heavy atom. The summed E-state index contributed by atoms with van der Waals surface area (Å²) in [7, 11) is 1.34. The average Bonchev–Trinajstić information content (AvgIpc) is 3.03. The first-order chi connectivity index (χ1) is 12.9. The van der Waals surface area contributed by atoms with Gasteiger partial charge in [-0.2, -0.15) is 0 Å². The molecule has 1 aromatic carbocycles. The molecule has 0 saturated carbocycles. The Morgan fingerprint density at radius 2 is 1.93 bits per heavy atom. The Balaban J connectivity index is 1.69. The molecule has 0 radical (unpaired) electrons. The molecule has 2 rings (SSSR count). The van der Waals surface area contributed by atoms with E-state index in [1.165, 1.54) is 30.6 Å². The van der Waals surface area contributed by atoms with Gasteiger partial charge in [0.25, 0.3) is 5.91 Å². The Bertz CT molecular complexity index is 840. The summed E-state index contributed by atoms with van der Waals surface area (Å²) in [5.74, 6) is -2.39. The van der Waals surface area contributed by atoms with Gasteiger partial charge in [0.05, 0.1) is 20.0 Å². The highest BCUT2D eigenvalue weighted by Crippen LogP contribution is 2.18. The van der Waals surface area contributed by atoms with E-state index in [9.17, 15) is 18.8 Å². The van der Waals surface area contributed by atoms with Gasteiger partial charge in [-0.05, 0) is 24.6 Å². The van der Waals surface area contributed by atoms with Gasteiger partial charge in [0.1, 0.15) is 5.01 Å². The minimum atomic E-state index is -0.709. The van der Waals surface area contributed by atoms with E-state index in [4.69, 9.17) is 9.47 Å². The van der Waals surface area contributed by atoms with E-state index in [1.807, 2.05) is 12.3 Å². The van der Waals surface area contributed by atoms with Gasteiger partial charge in [-0.3, -0.25) is 25.2 Å². The van der Waals surface area contributed by atoms with Crippen LogP contribution < -0.4 is 15.6 Å². The molecule has 0 saturated heterocycles. The third kappa shape index (κ3) is 6.66. The number of rotatable bonds is 7. The Hall–Kier alpha value is -3.01. The van der Waals surface area contributed by atoms with E-state index < -0.39 is 30.2 Å². The molecule has 1 heterocycles. The standard InChI is InChI=1S/C17H18FN3O5S/c1-10-9-27-16(19-10)7-14(22)20-21-15(23)8-26-17(24)6-11-3-4-13(25-2)12(18)5-11/h3-5,9H,6-8H2,1-2H3,(H,20,22)(H,21,23). The quantitative estimate of drug-likeness (QED) is 0.537. The molecule has 0 fully saturated rings. The van der Waals surface area contributed by atoms with Crippen LogP contribution in [0.1, 0.15) is 16.3 Å². The first kappa shape index (κ1) is 20.3. The monoisotopic (exact) mass is 395 g/mol. The van der Waals surface area contributed by atoms with Crippen LogP contribution in [0, 0.1) is 12.7 Å². The molecule has 1 aromatic heterocycles. The third-order valence-electron chi connectivity index (χ3n) is 3.25. The first-order valence-corrected chi connectivity index (χ1v) is 8.72. The van der Waals surface area contributed by atoms with Crippen molar-refractivity contribution in [3.8, 4) is 5.75 Å². The fourth-order valence-corrected chi connectivity index (χ4v) is 2.79. The van der Waals surface area contributed by atoms with Gasteiger partial charge in [-0.15, -0.1) is 11.3 Å². The average molecular weight is 395 g/mol. The maximum atomic E-state index is 13.6. The summed E-state index contributed by atoms with van der Waals surface area (Å²) in [5.41, 5.74) is 5.54. The topological polar surface area (TPSA) is 107 Å². The zero-order chi connectivity index (χ0) is 19.8. The molecule has 8 nitrogen and oxygen atoms in total. The van der Waals surface area contributed by atoms with Crippen LogP contribution in [0.15, 0.2) is 23.6 Å². The number of esters is 1. The number of nitrogens with one attached hydrogen (secondary N) is 2. The van der Waals surface area contributed by atoms with Crippen LogP contribution in [-0.4, -0.2) is 36.5 Å². The number of methoxy groups -OCH3 is 1. The molecule has 0 aliphatic heterocycles. The van der Waals surface area contributed by atoms with Gasteiger partial charge >= 0.3 is 5.97 Å². The zero-order valence-corrected chi connectivity index (χ0v) is 15.5. The van der Waals surface area contributed by atoms with Crippen molar-refractivity contribution < 1.29 is 28.2 Å². The number of hydrogen-bond acceptors (Lipinski definition) is 7. The number of carbonyl (C=O) groups excluding carboxylic acids is 3. The van der Waals surface area contributed by atoms with Gasteiger partial charge in [-0.25, -0.2) is 9.37 Å². The van der Waals surface area contributed by atoms with Gasteiger partial charge in [0.2, 0.25) is 5.91 Å². The maximum absolute atomic E-state index is 13.6. The fourth-order valence-electron chi connectivity index (χ4n) is 2.02. The molecule has 10 heteroatoms. The van der Waals surface area contributed by atoms with Crippen molar-refractivity contribution in [2.24, 2.45) is 0 Å². The molecule has 0 spiro atoms. The molecule has 0 bridgehead atoms. The highest BCUT2D eigenvalue weighted by atomic mass is 32.1. The van der Waals surface area contributed by atoms with E-state index >= 15 is 0 Å². The number of hydrazine groups is 1. The molecule has 0 unspecified atom stereocenters. The minimum absolute atomic E-state index is 0.0294. The smallest absolute Gasteiger partial charge is 0.310 e. The number of halogens is 1. The predicted octanol–water partition coefficient (Wildman–Crippen LogP) is 1.08. The molecule has 0 aliphatic rings. The Kier molecular flexibility index (Phi) is 7.24. The zero-order valence-electron chi connectivity index (χ0n) is 14.7. The number of carbonyl (C=O) groups is 3. The van der Waals surface area contributed by atoms with Crippen molar-refractivity contribution in [2.45, 2.75) is 19.8 Å². The van der Waals surface area contributed by atoms with Crippen molar-refractivity contribution in [3.05, 3.63) is 45.7 Å².